The van der Waals surface area contributed by atoms with E-state index in [0.717, 1.165) is 10.2 Å². The molecule has 29 heavy (non-hydrogen) atoms. The van der Waals surface area contributed by atoms with Gasteiger partial charge in [-0.2, -0.15) is 5.10 Å². The summed E-state index contributed by atoms with van der Waals surface area (Å²) in [7, 11) is -7.43. The van der Waals surface area contributed by atoms with Crippen LogP contribution in [0.1, 0.15) is 12.5 Å². The Hall–Kier alpha value is -3.18. The average Bonchev–Trinajstić information content (AvgIpc) is 3.06. The molecule has 2 aromatic carbocycles. The van der Waals surface area contributed by atoms with Crippen LogP contribution in [-0.4, -0.2) is 38.7 Å². The van der Waals surface area contributed by atoms with E-state index in [1.165, 1.54) is 30.5 Å². The summed E-state index contributed by atoms with van der Waals surface area (Å²) in [6.07, 6.45) is 2.49. The highest BCUT2D eigenvalue weighted by Gasteiger charge is 2.22. The maximum absolute atomic E-state index is 13.2. The van der Waals surface area contributed by atoms with Gasteiger partial charge in [0.1, 0.15) is 0 Å². The van der Waals surface area contributed by atoms with Gasteiger partial charge in [0, 0.05) is 23.4 Å². The Morgan fingerprint density at radius 1 is 0.897 bits per heavy atom. The molecule has 3 aromatic rings. The Kier molecular flexibility index (Phi) is 5.20. The Morgan fingerprint density at radius 2 is 1.48 bits per heavy atom. The van der Waals surface area contributed by atoms with Crippen LogP contribution in [0.5, 0.6) is 0 Å². The first kappa shape index (κ1) is 20.6. The van der Waals surface area contributed by atoms with Crippen LogP contribution in [0.2, 0.25) is 0 Å². The van der Waals surface area contributed by atoms with Gasteiger partial charge in [-0.15, -0.1) is 5.10 Å². The zero-order valence-corrected chi connectivity index (χ0v) is 17.3. The number of hydrogen-bond donors (Lipinski definition) is 2. The number of benzene rings is 2. The lowest BCUT2D eigenvalue weighted by Gasteiger charge is -2.08. The summed E-state index contributed by atoms with van der Waals surface area (Å²) < 4.78 is 50.8. The first-order valence-corrected chi connectivity index (χ1v) is 11.6. The lowest BCUT2D eigenvalue weighted by molar-refractivity contribution is 0.588. The molecule has 0 bridgehead atoms. The van der Waals surface area contributed by atoms with Crippen molar-refractivity contribution in [1.82, 2.24) is 3.97 Å². The highest BCUT2D eigenvalue weighted by Crippen LogP contribution is 2.27. The monoisotopic (exact) mass is 433 g/mol. The molecule has 1 heterocycles. The topological polar surface area (TPSA) is 150 Å². The van der Waals surface area contributed by atoms with Crippen LogP contribution in [-0.2, 0) is 19.9 Å². The maximum atomic E-state index is 13.2. The molecule has 0 aliphatic carbocycles. The summed E-state index contributed by atoms with van der Waals surface area (Å²) in [5, 5.41) is 8.19. The third-order valence-corrected chi connectivity index (χ3v) is 7.01. The van der Waals surface area contributed by atoms with Crippen molar-refractivity contribution >= 4 is 42.4 Å². The lowest BCUT2D eigenvalue weighted by Crippen LogP contribution is -2.22. The minimum atomic E-state index is -3.99. The molecule has 0 aliphatic rings. The van der Waals surface area contributed by atoms with Gasteiger partial charge in [0.15, 0.2) is 9.84 Å². The van der Waals surface area contributed by atoms with E-state index < -0.39 is 19.9 Å². The van der Waals surface area contributed by atoms with Crippen LogP contribution in [0.3, 0.4) is 0 Å². The number of nitrogens with zero attached hydrogens (tertiary/aromatic N) is 3. The number of sulfone groups is 1. The number of nitrogens with two attached hydrogens (primary N) is 2. The zero-order valence-electron chi connectivity index (χ0n) is 15.6. The van der Waals surface area contributed by atoms with Gasteiger partial charge in [0.25, 0.3) is 10.0 Å². The molecule has 0 aliphatic heterocycles. The molecule has 0 atom stereocenters. The van der Waals surface area contributed by atoms with E-state index in [9.17, 15) is 16.8 Å². The smallest absolute Gasteiger partial charge is 0.268 e. The van der Waals surface area contributed by atoms with Crippen molar-refractivity contribution < 1.29 is 16.8 Å². The van der Waals surface area contributed by atoms with Crippen molar-refractivity contribution in [3.8, 4) is 0 Å². The summed E-state index contributed by atoms with van der Waals surface area (Å²) in [6.45, 7) is 1.66. The number of guanidine groups is 1. The molecule has 0 unspecified atom stereocenters. The van der Waals surface area contributed by atoms with Gasteiger partial charge in [-0.05, 0) is 37.3 Å². The molecule has 0 spiro atoms. The minimum absolute atomic E-state index is 0.0368. The van der Waals surface area contributed by atoms with Crippen molar-refractivity contribution in [2.75, 3.05) is 6.26 Å². The zero-order chi connectivity index (χ0) is 21.4. The van der Waals surface area contributed by atoms with E-state index in [0.29, 0.717) is 22.2 Å². The maximum Gasteiger partial charge on any atom is 0.268 e. The summed E-state index contributed by atoms with van der Waals surface area (Å²) >= 11 is 0. The van der Waals surface area contributed by atoms with E-state index in [-0.39, 0.29) is 15.8 Å². The van der Waals surface area contributed by atoms with Gasteiger partial charge in [-0.1, -0.05) is 18.2 Å². The fourth-order valence-electron chi connectivity index (χ4n) is 2.80. The third-order valence-electron chi connectivity index (χ3n) is 4.19. The molecule has 3 rings (SSSR count). The highest BCUT2D eigenvalue weighted by molar-refractivity contribution is 7.91. The lowest BCUT2D eigenvalue weighted by atomic mass is 10.1. The molecular formula is C18H19N5O4S2. The van der Waals surface area contributed by atoms with Crippen molar-refractivity contribution in [2.45, 2.75) is 16.7 Å². The van der Waals surface area contributed by atoms with E-state index in [1.807, 2.05) is 0 Å². The quantitative estimate of drug-likeness (QED) is 0.351. The van der Waals surface area contributed by atoms with Gasteiger partial charge < -0.3 is 11.5 Å². The molecule has 0 radical (unpaired) electrons. The predicted octanol–water partition coefficient (Wildman–Crippen LogP) is 1.28. The molecule has 0 amide bonds. The highest BCUT2D eigenvalue weighted by atomic mass is 32.2. The molecule has 9 nitrogen and oxygen atoms in total. The second-order valence-corrected chi connectivity index (χ2v) is 10.1. The number of hydrogen-bond acceptors (Lipinski definition) is 6. The molecule has 11 heteroatoms. The van der Waals surface area contributed by atoms with Gasteiger partial charge >= 0.3 is 0 Å². The summed E-state index contributed by atoms with van der Waals surface area (Å²) in [5.41, 5.74) is 12.0. The van der Waals surface area contributed by atoms with Crippen LogP contribution in [0.25, 0.3) is 10.9 Å². The SMILES string of the molecule is CC(=NN=C(N)N)c1cn(S(=O)(=O)c2ccc(S(C)(=O)=O)cc2)c2ccccc12. The van der Waals surface area contributed by atoms with Crippen molar-refractivity contribution in [3.63, 3.8) is 0 Å². The normalized spacial score (nSPS) is 12.8. The second kappa shape index (κ2) is 7.33. The average molecular weight is 434 g/mol. The fraction of sp³-hybridized carbons (Fsp3) is 0.111. The van der Waals surface area contributed by atoms with Crippen LogP contribution in [0, 0.1) is 0 Å². The van der Waals surface area contributed by atoms with Gasteiger partial charge in [0.2, 0.25) is 5.96 Å². The molecule has 0 saturated carbocycles. The number of aromatic nitrogens is 1. The van der Waals surface area contributed by atoms with Crippen molar-refractivity contribution in [2.24, 2.45) is 21.7 Å². The van der Waals surface area contributed by atoms with Crippen LogP contribution in [0.4, 0.5) is 0 Å². The molecule has 4 N–H and O–H groups in total. The number of rotatable bonds is 5. The van der Waals surface area contributed by atoms with E-state index in [2.05, 4.69) is 10.2 Å². The molecular weight excluding hydrogens is 414 g/mol. The van der Waals surface area contributed by atoms with Crippen LogP contribution >= 0.6 is 0 Å². The van der Waals surface area contributed by atoms with Gasteiger partial charge in [-0.3, -0.25) is 0 Å². The first-order chi connectivity index (χ1) is 13.5. The number of para-hydroxylation sites is 1. The standard InChI is InChI=1S/C18H19N5O4S2/c1-12(21-22-18(19)20)16-11-23(17-6-4-3-5-15(16)17)29(26,27)14-9-7-13(8-10-14)28(2,24)25/h3-11H,1-2H3,(H4,19,20,22). The van der Waals surface area contributed by atoms with Crippen LogP contribution < -0.4 is 11.5 Å². The third kappa shape index (κ3) is 4.00. The molecule has 0 saturated heterocycles. The van der Waals surface area contributed by atoms with E-state index in [1.54, 1.807) is 31.2 Å². The Morgan fingerprint density at radius 3 is 2.07 bits per heavy atom. The fourth-order valence-corrected chi connectivity index (χ4v) is 4.80. The van der Waals surface area contributed by atoms with E-state index in [4.69, 9.17) is 11.5 Å². The summed E-state index contributed by atoms with van der Waals surface area (Å²) in [5.74, 6) is -0.216. The molecule has 1 aromatic heterocycles. The first-order valence-electron chi connectivity index (χ1n) is 8.31. The van der Waals surface area contributed by atoms with Gasteiger partial charge in [0.05, 0.1) is 21.0 Å². The largest absolute Gasteiger partial charge is 0.369 e. The molecule has 0 fully saturated rings. The second-order valence-electron chi connectivity index (χ2n) is 6.31. The minimum Gasteiger partial charge on any atom is -0.369 e. The Labute approximate surface area is 168 Å². The van der Waals surface area contributed by atoms with Gasteiger partial charge in [-0.25, -0.2) is 20.8 Å². The number of fused-ring (bicyclic) bond motifs is 1. The Bertz CT molecular complexity index is 1350. The predicted molar refractivity (Wildman–Crippen MR) is 112 cm³/mol. The van der Waals surface area contributed by atoms with E-state index >= 15 is 0 Å². The molecule has 152 valence electrons. The summed E-state index contributed by atoms with van der Waals surface area (Å²) in [4.78, 5) is -0.00858. The summed E-state index contributed by atoms with van der Waals surface area (Å²) in [6, 6.07) is 12.0. The van der Waals surface area contributed by atoms with Crippen LogP contribution in [0.15, 0.2) is 74.7 Å². The van der Waals surface area contributed by atoms with Crippen molar-refractivity contribution in [1.29, 1.82) is 0 Å². The van der Waals surface area contributed by atoms with Crippen molar-refractivity contribution in [3.05, 3.63) is 60.3 Å². The Balaban J connectivity index is 2.19.